The van der Waals surface area contributed by atoms with E-state index in [-0.39, 0.29) is 17.6 Å². The van der Waals surface area contributed by atoms with Crippen LogP contribution in [0, 0.1) is 11.8 Å². The Balaban J connectivity index is 2.41. The van der Waals surface area contributed by atoms with Gasteiger partial charge in [0.25, 0.3) is 0 Å². The van der Waals surface area contributed by atoms with Crippen molar-refractivity contribution >= 4 is 11.3 Å². The van der Waals surface area contributed by atoms with Crippen molar-refractivity contribution < 1.29 is 5.11 Å². The second kappa shape index (κ2) is 7.29. The van der Waals surface area contributed by atoms with Crippen molar-refractivity contribution in [2.75, 3.05) is 0 Å². The molecule has 1 aromatic carbocycles. The molecule has 0 amide bonds. The summed E-state index contributed by atoms with van der Waals surface area (Å²) >= 11 is 0. The fraction of sp³-hybridized carbons (Fsp3) is 0.167. The number of hydrogen-bond donors (Lipinski definition) is 4. The Labute approximate surface area is 141 Å². The van der Waals surface area contributed by atoms with E-state index in [0.717, 1.165) is 5.56 Å². The van der Waals surface area contributed by atoms with Crippen molar-refractivity contribution in [3.8, 4) is 17.6 Å². The van der Waals surface area contributed by atoms with Crippen LogP contribution < -0.4 is 17.2 Å². The highest BCUT2D eigenvalue weighted by atomic mass is 16.3. The Bertz CT molecular complexity index is 848. The molecule has 0 radical (unpaired) electrons. The lowest BCUT2D eigenvalue weighted by Crippen LogP contribution is -2.11. The van der Waals surface area contributed by atoms with Gasteiger partial charge in [0.05, 0.1) is 6.20 Å². The predicted molar refractivity (Wildman–Crippen MR) is 96.0 cm³/mol. The molecule has 0 aliphatic rings. The van der Waals surface area contributed by atoms with Crippen molar-refractivity contribution in [3.63, 3.8) is 0 Å². The molecular formula is C18H21N5O. The van der Waals surface area contributed by atoms with Crippen LogP contribution in [0.25, 0.3) is 11.3 Å². The summed E-state index contributed by atoms with van der Waals surface area (Å²) in [5.41, 5.74) is 19.8. The molecule has 6 heteroatoms. The van der Waals surface area contributed by atoms with E-state index < -0.39 is 0 Å². The maximum absolute atomic E-state index is 9.91. The SMILES string of the molecule is CC#CC(C)n1cc(C(/C=C(\N)c2ccccc2O)=C(N)N)cn1. The quantitative estimate of drug-likeness (QED) is 0.505. The first kappa shape index (κ1) is 17.0. The van der Waals surface area contributed by atoms with E-state index >= 15 is 0 Å². The molecule has 2 rings (SSSR count). The summed E-state index contributed by atoms with van der Waals surface area (Å²) in [6.45, 7) is 3.72. The third-order valence-corrected chi connectivity index (χ3v) is 3.49. The molecule has 0 fully saturated rings. The predicted octanol–water partition coefficient (Wildman–Crippen LogP) is 1.76. The zero-order chi connectivity index (χ0) is 17.7. The van der Waals surface area contributed by atoms with E-state index in [2.05, 4.69) is 16.9 Å². The molecule has 0 bridgehead atoms. The second-order valence-corrected chi connectivity index (χ2v) is 5.27. The minimum atomic E-state index is -0.0662. The van der Waals surface area contributed by atoms with Crippen molar-refractivity contribution in [1.82, 2.24) is 9.78 Å². The van der Waals surface area contributed by atoms with Gasteiger partial charge in [-0.05, 0) is 32.1 Å². The second-order valence-electron chi connectivity index (χ2n) is 5.27. The molecule has 24 heavy (non-hydrogen) atoms. The molecule has 124 valence electrons. The Hall–Kier alpha value is -3.33. The van der Waals surface area contributed by atoms with Gasteiger partial charge in [0.2, 0.25) is 0 Å². The summed E-state index contributed by atoms with van der Waals surface area (Å²) in [6, 6.07) is 6.72. The molecule has 1 atom stereocenters. The summed E-state index contributed by atoms with van der Waals surface area (Å²) in [5, 5.41) is 14.2. The Morgan fingerprint density at radius 2 is 2.00 bits per heavy atom. The van der Waals surface area contributed by atoms with Gasteiger partial charge in [-0.25, -0.2) is 0 Å². The lowest BCUT2D eigenvalue weighted by Gasteiger charge is -2.08. The van der Waals surface area contributed by atoms with Gasteiger partial charge in [-0.15, -0.1) is 5.92 Å². The Kier molecular flexibility index (Phi) is 5.17. The van der Waals surface area contributed by atoms with Crippen LogP contribution in [-0.2, 0) is 0 Å². The van der Waals surface area contributed by atoms with Crippen LogP contribution in [0.4, 0.5) is 0 Å². The number of para-hydroxylation sites is 1. The first-order valence-corrected chi connectivity index (χ1v) is 7.41. The van der Waals surface area contributed by atoms with Crippen LogP contribution in [0.3, 0.4) is 0 Å². The molecule has 7 N–H and O–H groups in total. The molecule has 1 unspecified atom stereocenters. The highest BCUT2D eigenvalue weighted by molar-refractivity contribution is 5.84. The van der Waals surface area contributed by atoms with Crippen LogP contribution in [0.15, 0.2) is 48.6 Å². The summed E-state index contributed by atoms with van der Waals surface area (Å²) in [6.07, 6.45) is 5.08. The number of nitrogens with two attached hydrogens (primary N) is 3. The molecule has 0 spiro atoms. The maximum Gasteiger partial charge on any atom is 0.124 e. The van der Waals surface area contributed by atoms with Gasteiger partial charge < -0.3 is 22.3 Å². The first-order valence-electron chi connectivity index (χ1n) is 7.41. The van der Waals surface area contributed by atoms with Gasteiger partial charge in [-0.3, -0.25) is 4.68 Å². The average molecular weight is 323 g/mol. The normalized spacial score (nSPS) is 12.2. The molecule has 6 nitrogen and oxygen atoms in total. The number of hydrogen-bond acceptors (Lipinski definition) is 5. The first-order chi connectivity index (χ1) is 11.4. The Morgan fingerprint density at radius 3 is 2.62 bits per heavy atom. The monoisotopic (exact) mass is 323 g/mol. The number of benzene rings is 1. The lowest BCUT2D eigenvalue weighted by atomic mass is 10.0. The van der Waals surface area contributed by atoms with E-state index in [0.29, 0.717) is 16.8 Å². The smallest absolute Gasteiger partial charge is 0.124 e. The lowest BCUT2D eigenvalue weighted by molar-refractivity contribution is 0.473. The number of aromatic hydroxyl groups is 1. The number of nitrogens with zero attached hydrogens (tertiary/aromatic N) is 2. The van der Waals surface area contributed by atoms with E-state index in [4.69, 9.17) is 17.2 Å². The minimum absolute atomic E-state index is 0.0662. The topological polar surface area (TPSA) is 116 Å². The number of aromatic nitrogens is 2. The largest absolute Gasteiger partial charge is 0.507 e. The Morgan fingerprint density at radius 1 is 1.29 bits per heavy atom. The summed E-state index contributed by atoms with van der Waals surface area (Å²) in [7, 11) is 0. The van der Waals surface area contributed by atoms with E-state index in [1.54, 1.807) is 54.3 Å². The third kappa shape index (κ3) is 3.70. The molecule has 1 heterocycles. The molecule has 0 aliphatic heterocycles. The van der Waals surface area contributed by atoms with E-state index in [1.807, 2.05) is 6.92 Å². The number of phenols is 1. The zero-order valence-electron chi connectivity index (χ0n) is 13.7. The third-order valence-electron chi connectivity index (χ3n) is 3.49. The van der Waals surface area contributed by atoms with Gasteiger partial charge in [0.1, 0.15) is 17.6 Å². The summed E-state index contributed by atoms with van der Waals surface area (Å²) in [4.78, 5) is 0. The van der Waals surface area contributed by atoms with Gasteiger partial charge in [-0.1, -0.05) is 18.1 Å². The highest BCUT2D eigenvalue weighted by Crippen LogP contribution is 2.25. The molecule has 2 aromatic rings. The van der Waals surface area contributed by atoms with Gasteiger partial charge in [-0.2, -0.15) is 5.10 Å². The minimum Gasteiger partial charge on any atom is -0.507 e. The van der Waals surface area contributed by atoms with Crippen molar-refractivity contribution in [3.05, 3.63) is 59.7 Å². The maximum atomic E-state index is 9.91. The van der Waals surface area contributed by atoms with Gasteiger partial charge in [0, 0.05) is 28.6 Å². The fourth-order valence-corrected chi connectivity index (χ4v) is 2.25. The summed E-state index contributed by atoms with van der Waals surface area (Å²) < 4.78 is 1.72. The van der Waals surface area contributed by atoms with Crippen LogP contribution in [0.2, 0.25) is 0 Å². The fourth-order valence-electron chi connectivity index (χ4n) is 2.25. The number of phenolic OH excluding ortho intramolecular Hbond substituents is 1. The average Bonchev–Trinajstić information content (AvgIpc) is 3.02. The zero-order valence-corrected chi connectivity index (χ0v) is 13.7. The molecule has 0 saturated carbocycles. The van der Waals surface area contributed by atoms with Crippen molar-refractivity contribution in [1.29, 1.82) is 0 Å². The standard InChI is InChI=1S/C18H21N5O/c1-3-6-12(2)23-11-13(10-22-23)15(18(20)21)9-16(19)14-7-4-5-8-17(14)24/h4-5,7-12,24H,19-21H2,1-2H3/b16-9-. The number of rotatable bonds is 4. The van der Waals surface area contributed by atoms with Gasteiger partial charge >= 0.3 is 0 Å². The van der Waals surface area contributed by atoms with Crippen LogP contribution in [-0.4, -0.2) is 14.9 Å². The summed E-state index contributed by atoms with van der Waals surface area (Å²) in [5.74, 6) is 6.07. The van der Waals surface area contributed by atoms with Crippen molar-refractivity contribution in [2.24, 2.45) is 17.2 Å². The molecule has 1 aromatic heterocycles. The molecule has 0 saturated heterocycles. The highest BCUT2D eigenvalue weighted by Gasteiger charge is 2.11. The van der Waals surface area contributed by atoms with Crippen LogP contribution in [0.5, 0.6) is 5.75 Å². The molecule has 0 aliphatic carbocycles. The van der Waals surface area contributed by atoms with E-state index in [1.165, 1.54) is 0 Å². The van der Waals surface area contributed by atoms with Crippen LogP contribution in [0.1, 0.15) is 31.0 Å². The van der Waals surface area contributed by atoms with Crippen LogP contribution >= 0.6 is 0 Å². The van der Waals surface area contributed by atoms with Crippen molar-refractivity contribution in [2.45, 2.75) is 19.9 Å². The molecular weight excluding hydrogens is 302 g/mol. The van der Waals surface area contributed by atoms with E-state index in [9.17, 15) is 5.11 Å². The number of allylic oxidation sites excluding steroid dienone is 2. The van der Waals surface area contributed by atoms with Gasteiger partial charge in [0.15, 0.2) is 0 Å².